The highest BCUT2D eigenvalue weighted by atomic mass is 79.9. The van der Waals surface area contributed by atoms with Gasteiger partial charge in [-0.15, -0.1) is 0 Å². The average Bonchev–Trinajstić information content (AvgIpc) is 3.17. The number of benzene rings is 1. The highest BCUT2D eigenvalue weighted by molar-refractivity contribution is 9.10. The van der Waals surface area contributed by atoms with Gasteiger partial charge in [0.15, 0.2) is 0 Å². The number of rotatable bonds is 8. The molecule has 1 aromatic rings. The Kier molecular flexibility index (Phi) is 5.91. The molecule has 0 spiro atoms. The van der Waals surface area contributed by atoms with E-state index < -0.39 is 0 Å². The Bertz CT molecular complexity index is 441. The molecular formula is C17H26BrNO. The summed E-state index contributed by atoms with van der Waals surface area (Å²) < 4.78 is 7.20. The SMILES string of the molecule is Cc1cc(Br)cc(CNC2CC2)c1OCCCC(C)C. The lowest BCUT2D eigenvalue weighted by Crippen LogP contribution is -2.16. The van der Waals surface area contributed by atoms with Gasteiger partial charge in [0.1, 0.15) is 5.75 Å². The van der Waals surface area contributed by atoms with Crippen LogP contribution in [0.1, 0.15) is 50.7 Å². The number of hydrogen-bond acceptors (Lipinski definition) is 2. The maximum absolute atomic E-state index is 6.07. The summed E-state index contributed by atoms with van der Waals surface area (Å²) in [7, 11) is 0. The molecule has 0 amide bonds. The van der Waals surface area contributed by atoms with Crippen LogP contribution in [0, 0.1) is 12.8 Å². The Morgan fingerprint density at radius 3 is 2.75 bits per heavy atom. The highest BCUT2D eigenvalue weighted by Crippen LogP contribution is 2.29. The molecule has 1 aliphatic carbocycles. The van der Waals surface area contributed by atoms with E-state index in [1.165, 1.54) is 30.4 Å². The topological polar surface area (TPSA) is 21.3 Å². The van der Waals surface area contributed by atoms with Crippen molar-refractivity contribution in [3.05, 3.63) is 27.7 Å². The fraction of sp³-hybridized carbons (Fsp3) is 0.647. The Morgan fingerprint density at radius 1 is 1.35 bits per heavy atom. The minimum atomic E-state index is 0.725. The minimum absolute atomic E-state index is 0.725. The predicted octanol–water partition coefficient (Wildman–Crippen LogP) is 4.82. The second kappa shape index (κ2) is 7.46. The van der Waals surface area contributed by atoms with E-state index in [4.69, 9.17) is 4.74 Å². The molecule has 112 valence electrons. The molecule has 1 fully saturated rings. The van der Waals surface area contributed by atoms with Crippen molar-refractivity contribution >= 4 is 15.9 Å². The van der Waals surface area contributed by atoms with Gasteiger partial charge < -0.3 is 10.1 Å². The van der Waals surface area contributed by atoms with Crippen molar-refractivity contribution < 1.29 is 4.74 Å². The first-order chi connectivity index (χ1) is 9.56. The first-order valence-electron chi connectivity index (χ1n) is 7.71. The van der Waals surface area contributed by atoms with E-state index in [0.29, 0.717) is 0 Å². The highest BCUT2D eigenvalue weighted by Gasteiger charge is 2.21. The van der Waals surface area contributed by atoms with E-state index >= 15 is 0 Å². The Labute approximate surface area is 131 Å². The second-order valence-corrected chi connectivity index (χ2v) is 7.17. The van der Waals surface area contributed by atoms with Crippen molar-refractivity contribution in [2.75, 3.05) is 6.61 Å². The lowest BCUT2D eigenvalue weighted by atomic mass is 10.1. The molecule has 1 saturated carbocycles. The molecule has 0 unspecified atom stereocenters. The summed E-state index contributed by atoms with van der Waals surface area (Å²) in [4.78, 5) is 0. The number of halogens is 1. The summed E-state index contributed by atoms with van der Waals surface area (Å²) in [6, 6.07) is 5.04. The first kappa shape index (κ1) is 15.8. The van der Waals surface area contributed by atoms with Crippen LogP contribution in [0.2, 0.25) is 0 Å². The Balaban J connectivity index is 1.96. The largest absolute Gasteiger partial charge is 0.493 e. The zero-order valence-corrected chi connectivity index (χ0v) is 14.4. The van der Waals surface area contributed by atoms with E-state index in [-0.39, 0.29) is 0 Å². The molecule has 0 radical (unpaired) electrons. The molecule has 2 nitrogen and oxygen atoms in total. The molecule has 20 heavy (non-hydrogen) atoms. The summed E-state index contributed by atoms with van der Waals surface area (Å²) in [6.45, 7) is 8.37. The molecule has 0 aliphatic heterocycles. The summed E-state index contributed by atoms with van der Waals surface area (Å²) >= 11 is 3.59. The third kappa shape index (κ3) is 5.10. The van der Waals surface area contributed by atoms with Crippen LogP contribution in [0.5, 0.6) is 5.75 Å². The number of hydrogen-bond donors (Lipinski definition) is 1. The maximum Gasteiger partial charge on any atom is 0.126 e. The molecule has 0 atom stereocenters. The predicted molar refractivity (Wildman–Crippen MR) is 88.3 cm³/mol. The van der Waals surface area contributed by atoms with Gasteiger partial charge in [-0.25, -0.2) is 0 Å². The standard InChI is InChI=1S/C17H26BrNO/c1-12(2)5-4-8-20-17-13(3)9-15(18)10-14(17)11-19-16-6-7-16/h9-10,12,16,19H,4-8,11H2,1-3H3. The third-order valence-electron chi connectivity index (χ3n) is 3.65. The fourth-order valence-electron chi connectivity index (χ4n) is 2.34. The molecule has 0 aromatic heterocycles. The van der Waals surface area contributed by atoms with Gasteiger partial charge in [0, 0.05) is 22.6 Å². The van der Waals surface area contributed by atoms with Crippen molar-refractivity contribution in [3.8, 4) is 5.75 Å². The van der Waals surface area contributed by atoms with Crippen molar-refractivity contribution in [3.63, 3.8) is 0 Å². The van der Waals surface area contributed by atoms with Gasteiger partial charge in [-0.1, -0.05) is 29.8 Å². The summed E-state index contributed by atoms with van der Waals surface area (Å²) in [6.07, 6.45) is 4.99. The zero-order valence-electron chi connectivity index (χ0n) is 12.8. The molecule has 1 N–H and O–H groups in total. The molecule has 1 aromatic carbocycles. The number of ether oxygens (including phenoxy) is 1. The van der Waals surface area contributed by atoms with Crippen molar-refractivity contribution in [2.24, 2.45) is 5.92 Å². The van der Waals surface area contributed by atoms with E-state index in [1.54, 1.807) is 0 Å². The average molecular weight is 340 g/mol. The van der Waals surface area contributed by atoms with Gasteiger partial charge in [0.2, 0.25) is 0 Å². The van der Waals surface area contributed by atoms with Gasteiger partial charge in [-0.3, -0.25) is 0 Å². The monoisotopic (exact) mass is 339 g/mol. The van der Waals surface area contributed by atoms with Crippen LogP contribution in [-0.2, 0) is 6.54 Å². The van der Waals surface area contributed by atoms with Crippen LogP contribution in [0.25, 0.3) is 0 Å². The Morgan fingerprint density at radius 2 is 2.10 bits per heavy atom. The normalized spacial score (nSPS) is 14.8. The van der Waals surface area contributed by atoms with E-state index in [9.17, 15) is 0 Å². The smallest absolute Gasteiger partial charge is 0.126 e. The van der Waals surface area contributed by atoms with E-state index in [1.807, 2.05) is 0 Å². The molecule has 0 bridgehead atoms. The van der Waals surface area contributed by atoms with Crippen LogP contribution in [-0.4, -0.2) is 12.6 Å². The number of nitrogens with one attached hydrogen (secondary N) is 1. The van der Waals surface area contributed by atoms with Crippen molar-refractivity contribution in [2.45, 2.75) is 59.0 Å². The molecule has 0 heterocycles. The summed E-state index contributed by atoms with van der Waals surface area (Å²) in [5.74, 6) is 1.82. The Hall–Kier alpha value is -0.540. The molecule has 2 rings (SSSR count). The summed E-state index contributed by atoms with van der Waals surface area (Å²) in [5.41, 5.74) is 2.49. The molecule has 3 heteroatoms. The van der Waals surface area contributed by atoms with Gasteiger partial charge in [-0.05, 0) is 56.2 Å². The van der Waals surface area contributed by atoms with E-state index in [0.717, 1.165) is 41.8 Å². The van der Waals surface area contributed by atoms with Crippen LogP contribution in [0.15, 0.2) is 16.6 Å². The molecular weight excluding hydrogens is 314 g/mol. The van der Waals surface area contributed by atoms with Crippen LogP contribution in [0.4, 0.5) is 0 Å². The minimum Gasteiger partial charge on any atom is -0.493 e. The lowest BCUT2D eigenvalue weighted by molar-refractivity contribution is 0.292. The van der Waals surface area contributed by atoms with Gasteiger partial charge in [0.25, 0.3) is 0 Å². The third-order valence-corrected chi connectivity index (χ3v) is 4.10. The summed E-state index contributed by atoms with van der Waals surface area (Å²) in [5, 5.41) is 3.58. The zero-order chi connectivity index (χ0) is 14.5. The maximum atomic E-state index is 6.07. The second-order valence-electron chi connectivity index (χ2n) is 6.25. The quantitative estimate of drug-likeness (QED) is 0.685. The van der Waals surface area contributed by atoms with Gasteiger partial charge in [-0.2, -0.15) is 0 Å². The van der Waals surface area contributed by atoms with Crippen molar-refractivity contribution in [1.29, 1.82) is 0 Å². The van der Waals surface area contributed by atoms with Gasteiger partial charge in [0.05, 0.1) is 6.61 Å². The van der Waals surface area contributed by atoms with E-state index in [2.05, 4.69) is 54.2 Å². The van der Waals surface area contributed by atoms with Crippen LogP contribution < -0.4 is 10.1 Å². The van der Waals surface area contributed by atoms with Crippen LogP contribution in [0.3, 0.4) is 0 Å². The van der Waals surface area contributed by atoms with Crippen LogP contribution >= 0.6 is 15.9 Å². The number of aryl methyl sites for hydroxylation is 1. The molecule has 0 saturated heterocycles. The van der Waals surface area contributed by atoms with Crippen molar-refractivity contribution in [1.82, 2.24) is 5.32 Å². The molecule has 1 aliphatic rings. The first-order valence-corrected chi connectivity index (χ1v) is 8.50. The fourth-order valence-corrected chi connectivity index (χ4v) is 2.96. The lowest BCUT2D eigenvalue weighted by Gasteiger charge is -2.16. The van der Waals surface area contributed by atoms with Gasteiger partial charge >= 0.3 is 0 Å².